The zero-order chi connectivity index (χ0) is 14.5. The minimum atomic E-state index is -0.103. The molecule has 1 fully saturated rings. The number of carbonyl (C=O) groups excluding carboxylic acids is 1. The maximum Gasteiger partial charge on any atom is 0.321 e. The van der Waals surface area contributed by atoms with Crippen LogP contribution >= 0.6 is 11.6 Å². The lowest BCUT2D eigenvalue weighted by molar-refractivity contribution is 0.127. The molecule has 0 aliphatic carbocycles. The molecule has 1 aliphatic rings. The predicted molar refractivity (Wildman–Crippen MR) is 80.3 cm³/mol. The summed E-state index contributed by atoms with van der Waals surface area (Å²) in [6.07, 6.45) is 0. The van der Waals surface area contributed by atoms with Gasteiger partial charge >= 0.3 is 6.03 Å². The van der Waals surface area contributed by atoms with Crippen molar-refractivity contribution in [2.75, 3.05) is 44.6 Å². The van der Waals surface area contributed by atoms with Gasteiger partial charge < -0.3 is 15.3 Å². The first kappa shape index (κ1) is 15.1. The van der Waals surface area contributed by atoms with Gasteiger partial charge in [0.2, 0.25) is 0 Å². The Labute approximate surface area is 124 Å². The molecule has 2 rings (SSSR count). The number of piperazine rings is 1. The Kier molecular flexibility index (Phi) is 5.23. The van der Waals surface area contributed by atoms with Gasteiger partial charge in [0.05, 0.1) is 6.61 Å². The number of carbonyl (C=O) groups is 1. The Bertz CT molecular complexity index is 473. The minimum absolute atomic E-state index is 0.103. The van der Waals surface area contributed by atoms with Gasteiger partial charge in [-0.3, -0.25) is 4.90 Å². The standard InChI is InChI=1S/C14H20ClN3O2/c1-11-2-3-12(10-13(11)15)16-14(20)18-6-4-17(5-7-18)8-9-19/h2-3,10,19H,4-9H2,1H3,(H,16,20). The van der Waals surface area contributed by atoms with Crippen molar-refractivity contribution < 1.29 is 9.90 Å². The highest BCUT2D eigenvalue weighted by Gasteiger charge is 2.20. The summed E-state index contributed by atoms with van der Waals surface area (Å²) in [7, 11) is 0. The van der Waals surface area contributed by atoms with E-state index in [2.05, 4.69) is 10.2 Å². The number of aliphatic hydroxyl groups excluding tert-OH is 1. The van der Waals surface area contributed by atoms with E-state index in [-0.39, 0.29) is 12.6 Å². The molecule has 20 heavy (non-hydrogen) atoms. The number of aliphatic hydroxyl groups is 1. The molecule has 5 nitrogen and oxygen atoms in total. The molecule has 0 saturated carbocycles. The second-order valence-electron chi connectivity index (χ2n) is 4.95. The summed E-state index contributed by atoms with van der Waals surface area (Å²) in [6, 6.07) is 5.39. The summed E-state index contributed by atoms with van der Waals surface area (Å²) in [5, 5.41) is 12.4. The smallest absolute Gasteiger partial charge is 0.321 e. The van der Waals surface area contributed by atoms with Crippen molar-refractivity contribution in [3.8, 4) is 0 Å². The highest BCUT2D eigenvalue weighted by atomic mass is 35.5. The third-order valence-corrected chi connectivity index (χ3v) is 3.91. The number of rotatable bonds is 3. The number of benzene rings is 1. The van der Waals surface area contributed by atoms with E-state index in [9.17, 15) is 4.79 Å². The fourth-order valence-electron chi connectivity index (χ4n) is 2.19. The first-order valence-corrected chi connectivity index (χ1v) is 7.13. The predicted octanol–water partition coefficient (Wildman–Crippen LogP) is 1.79. The van der Waals surface area contributed by atoms with Crippen LogP contribution in [-0.2, 0) is 0 Å². The lowest BCUT2D eigenvalue weighted by Gasteiger charge is -2.34. The van der Waals surface area contributed by atoms with Crippen LogP contribution in [0, 0.1) is 6.92 Å². The summed E-state index contributed by atoms with van der Waals surface area (Å²) in [4.78, 5) is 16.1. The number of urea groups is 1. The highest BCUT2D eigenvalue weighted by Crippen LogP contribution is 2.20. The maximum absolute atomic E-state index is 12.1. The van der Waals surface area contributed by atoms with E-state index in [1.54, 1.807) is 11.0 Å². The van der Waals surface area contributed by atoms with Gasteiger partial charge in [-0.1, -0.05) is 17.7 Å². The van der Waals surface area contributed by atoms with Gasteiger partial charge in [-0.15, -0.1) is 0 Å². The average Bonchev–Trinajstić information content (AvgIpc) is 2.44. The van der Waals surface area contributed by atoms with Gasteiger partial charge in [0.15, 0.2) is 0 Å². The summed E-state index contributed by atoms with van der Waals surface area (Å²) in [5.74, 6) is 0. The number of aryl methyl sites for hydroxylation is 1. The van der Waals surface area contributed by atoms with Crippen LogP contribution in [0.1, 0.15) is 5.56 Å². The molecule has 1 heterocycles. The molecule has 0 spiro atoms. The van der Waals surface area contributed by atoms with E-state index in [1.165, 1.54) is 0 Å². The molecule has 0 atom stereocenters. The van der Waals surface area contributed by atoms with Gasteiger partial charge in [-0.25, -0.2) is 4.79 Å². The van der Waals surface area contributed by atoms with Crippen LogP contribution in [0.15, 0.2) is 18.2 Å². The Morgan fingerprint density at radius 1 is 1.35 bits per heavy atom. The van der Waals surface area contributed by atoms with Crippen LogP contribution in [0.25, 0.3) is 0 Å². The van der Waals surface area contributed by atoms with Crippen molar-refractivity contribution in [2.24, 2.45) is 0 Å². The molecule has 2 amide bonds. The van der Waals surface area contributed by atoms with Crippen LogP contribution in [0.3, 0.4) is 0 Å². The van der Waals surface area contributed by atoms with Crippen molar-refractivity contribution in [2.45, 2.75) is 6.92 Å². The molecule has 2 N–H and O–H groups in total. The number of hydrogen-bond donors (Lipinski definition) is 2. The second kappa shape index (κ2) is 6.92. The van der Waals surface area contributed by atoms with Crippen molar-refractivity contribution in [1.29, 1.82) is 0 Å². The molecule has 1 saturated heterocycles. The van der Waals surface area contributed by atoms with E-state index >= 15 is 0 Å². The largest absolute Gasteiger partial charge is 0.395 e. The fraction of sp³-hybridized carbons (Fsp3) is 0.500. The average molecular weight is 298 g/mol. The van der Waals surface area contributed by atoms with Gasteiger partial charge in [0, 0.05) is 43.4 Å². The summed E-state index contributed by atoms with van der Waals surface area (Å²) in [5.41, 5.74) is 1.70. The van der Waals surface area contributed by atoms with Crippen molar-refractivity contribution in [1.82, 2.24) is 9.80 Å². The summed E-state index contributed by atoms with van der Waals surface area (Å²) >= 11 is 6.04. The van der Waals surface area contributed by atoms with Crippen LogP contribution < -0.4 is 5.32 Å². The van der Waals surface area contributed by atoms with Gasteiger partial charge in [0.1, 0.15) is 0 Å². The molecule has 0 radical (unpaired) electrons. The van der Waals surface area contributed by atoms with Gasteiger partial charge in [-0.2, -0.15) is 0 Å². The van der Waals surface area contributed by atoms with Crippen LogP contribution in [0.4, 0.5) is 10.5 Å². The number of β-amino-alcohol motifs (C(OH)–C–C–N with tert-alkyl or cyclic N) is 1. The number of anilines is 1. The second-order valence-corrected chi connectivity index (χ2v) is 5.35. The summed E-state index contributed by atoms with van der Waals surface area (Å²) < 4.78 is 0. The molecular weight excluding hydrogens is 278 g/mol. The van der Waals surface area contributed by atoms with E-state index in [1.807, 2.05) is 19.1 Å². The zero-order valence-corrected chi connectivity index (χ0v) is 12.4. The molecule has 1 aromatic carbocycles. The Balaban J connectivity index is 1.88. The number of hydrogen-bond acceptors (Lipinski definition) is 3. The molecule has 0 aromatic heterocycles. The van der Waals surface area contributed by atoms with Gasteiger partial charge in [-0.05, 0) is 24.6 Å². The topological polar surface area (TPSA) is 55.8 Å². The fourth-order valence-corrected chi connectivity index (χ4v) is 2.37. The Hall–Kier alpha value is -1.30. The molecule has 0 unspecified atom stereocenters. The monoisotopic (exact) mass is 297 g/mol. The first-order valence-electron chi connectivity index (χ1n) is 6.75. The lowest BCUT2D eigenvalue weighted by Crippen LogP contribution is -2.50. The van der Waals surface area contributed by atoms with Crippen LogP contribution in [0.2, 0.25) is 5.02 Å². The van der Waals surface area contributed by atoms with Gasteiger partial charge in [0.25, 0.3) is 0 Å². The van der Waals surface area contributed by atoms with E-state index < -0.39 is 0 Å². The number of nitrogens with one attached hydrogen (secondary N) is 1. The molecule has 6 heteroatoms. The number of nitrogens with zero attached hydrogens (tertiary/aromatic N) is 2. The Morgan fingerprint density at radius 3 is 2.65 bits per heavy atom. The van der Waals surface area contributed by atoms with E-state index in [4.69, 9.17) is 16.7 Å². The molecule has 110 valence electrons. The molecule has 1 aliphatic heterocycles. The lowest BCUT2D eigenvalue weighted by atomic mass is 10.2. The highest BCUT2D eigenvalue weighted by molar-refractivity contribution is 6.31. The number of halogens is 1. The van der Waals surface area contributed by atoms with Crippen LogP contribution in [0.5, 0.6) is 0 Å². The van der Waals surface area contributed by atoms with E-state index in [0.717, 1.165) is 18.7 Å². The maximum atomic E-state index is 12.1. The van der Waals surface area contributed by atoms with Crippen LogP contribution in [-0.4, -0.2) is 60.3 Å². The zero-order valence-electron chi connectivity index (χ0n) is 11.6. The number of amides is 2. The normalized spacial score (nSPS) is 16.2. The SMILES string of the molecule is Cc1ccc(NC(=O)N2CCN(CCO)CC2)cc1Cl. The molecule has 0 bridgehead atoms. The van der Waals surface area contributed by atoms with Crippen molar-refractivity contribution in [3.05, 3.63) is 28.8 Å². The summed E-state index contributed by atoms with van der Waals surface area (Å²) in [6.45, 7) is 5.69. The molecule has 1 aromatic rings. The quantitative estimate of drug-likeness (QED) is 0.894. The third-order valence-electron chi connectivity index (χ3n) is 3.50. The van der Waals surface area contributed by atoms with Crippen molar-refractivity contribution in [3.63, 3.8) is 0 Å². The first-order chi connectivity index (χ1) is 9.60. The van der Waals surface area contributed by atoms with E-state index in [0.29, 0.717) is 30.3 Å². The third kappa shape index (κ3) is 3.85. The molecular formula is C14H20ClN3O2. The minimum Gasteiger partial charge on any atom is -0.395 e. The Morgan fingerprint density at radius 2 is 2.05 bits per heavy atom. The van der Waals surface area contributed by atoms with Crippen molar-refractivity contribution >= 4 is 23.3 Å².